The largest absolute Gasteiger partial charge is 0.253 e. The van der Waals surface area contributed by atoms with E-state index in [2.05, 4.69) is 44.2 Å². The van der Waals surface area contributed by atoms with E-state index in [1.807, 2.05) is 0 Å². The molecule has 1 fully saturated rings. The van der Waals surface area contributed by atoms with E-state index in [4.69, 9.17) is 4.98 Å². The van der Waals surface area contributed by atoms with Crippen LogP contribution in [0.15, 0.2) is 30.3 Å². The smallest absolute Gasteiger partial charge is 0.0705 e. The van der Waals surface area contributed by atoms with Crippen molar-refractivity contribution in [3.8, 4) is 0 Å². The molecule has 2 aromatic rings. The molecule has 1 aliphatic rings. The number of hydrogen-bond donors (Lipinski definition) is 0. The number of rotatable bonds is 1. The molecule has 0 N–H and O–H groups in total. The van der Waals surface area contributed by atoms with E-state index in [1.165, 1.54) is 35.9 Å². The second-order valence-electron chi connectivity index (χ2n) is 5.37. The van der Waals surface area contributed by atoms with Crippen molar-refractivity contribution >= 4 is 10.9 Å². The highest BCUT2D eigenvalue weighted by Gasteiger charge is 2.26. The Morgan fingerprint density at radius 2 is 2.00 bits per heavy atom. The first-order valence-electron chi connectivity index (χ1n) is 6.62. The molecule has 1 aromatic heterocycles. The number of fused-ring (bicyclic) bond motifs is 1. The van der Waals surface area contributed by atoms with Crippen LogP contribution in [0.5, 0.6) is 0 Å². The first-order valence-corrected chi connectivity index (χ1v) is 6.62. The average molecular weight is 225 g/mol. The lowest BCUT2D eigenvalue weighted by Crippen LogP contribution is -2.05. The quantitative estimate of drug-likeness (QED) is 0.699. The van der Waals surface area contributed by atoms with Crippen molar-refractivity contribution in [2.24, 2.45) is 5.92 Å². The first kappa shape index (κ1) is 10.8. The summed E-state index contributed by atoms with van der Waals surface area (Å²) >= 11 is 0. The van der Waals surface area contributed by atoms with Crippen LogP contribution in [0.4, 0.5) is 0 Å². The monoisotopic (exact) mass is 225 g/mol. The third kappa shape index (κ3) is 1.84. The molecule has 1 heterocycles. The zero-order valence-electron chi connectivity index (χ0n) is 10.6. The third-order valence-corrected chi connectivity index (χ3v) is 4.21. The maximum atomic E-state index is 4.75. The van der Waals surface area contributed by atoms with Crippen LogP contribution < -0.4 is 0 Å². The van der Waals surface area contributed by atoms with E-state index in [0.29, 0.717) is 0 Å². The maximum absolute atomic E-state index is 4.75. The molecular weight excluding hydrogens is 206 g/mol. The van der Waals surface area contributed by atoms with Crippen LogP contribution in [-0.4, -0.2) is 4.98 Å². The average Bonchev–Trinajstić information content (AvgIpc) is 2.74. The Kier molecular flexibility index (Phi) is 2.62. The van der Waals surface area contributed by atoms with Gasteiger partial charge in [0.1, 0.15) is 0 Å². The van der Waals surface area contributed by atoms with Crippen molar-refractivity contribution < 1.29 is 0 Å². The fourth-order valence-electron chi connectivity index (χ4n) is 3.21. The fraction of sp³-hybridized carbons (Fsp3) is 0.438. The van der Waals surface area contributed by atoms with Crippen LogP contribution in [0.2, 0.25) is 0 Å². The zero-order valence-corrected chi connectivity index (χ0v) is 10.6. The Bertz CT molecular complexity index is 544. The molecule has 2 atom stereocenters. The van der Waals surface area contributed by atoms with Crippen molar-refractivity contribution in [3.63, 3.8) is 0 Å². The Balaban J connectivity index is 2.12. The first-order chi connectivity index (χ1) is 8.25. The summed E-state index contributed by atoms with van der Waals surface area (Å²) in [5.41, 5.74) is 3.83. The van der Waals surface area contributed by atoms with Gasteiger partial charge >= 0.3 is 0 Å². The van der Waals surface area contributed by atoms with Crippen molar-refractivity contribution in [2.75, 3.05) is 0 Å². The third-order valence-electron chi connectivity index (χ3n) is 4.21. The van der Waals surface area contributed by atoms with E-state index in [-0.39, 0.29) is 0 Å². The molecule has 0 spiro atoms. The molecule has 0 amide bonds. The predicted octanol–water partition coefficient (Wildman–Crippen LogP) is 4.45. The Hall–Kier alpha value is -1.37. The van der Waals surface area contributed by atoms with Gasteiger partial charge in [-0.3, -0.25) is 4.98 Å². The van der Waals surface area contributed by atoms with Crippen LogP contribution in [0.1, 0.15) is 43.4 Å². The highest BCUT2D eigenvalue weighted by Crippen LogP contribution is 2.40. The SMILES string of the molecule is Cc1nc2ccccc2cc1C1CCCC1C. The van der Waals surface area contributed by atoms with Gasteiger partial charge in [0, 0.05) is 11.1 Å². The van der Waals surface area contributed by atoms with E-state index in [9.17, 15) is 0 Å². The van der Waals surface area contributed by atoms with Gasteiger partial charge in [-0.15, -0.1) is 0 Å². The summed E-state index contributed by atoms with van der Waals surface area (Å²) in [6, 6.07) is 10.8. The lowest BCUT2D eigenvalue weighted by atomic mass is 9.88. The van der Waals surface area contributed by atoms with E-state index < -0.39 is 0 Å². The molecule has 0 bridgehead atoms. The van der Waals surface area contributed by atoms with Crippen LogP contribution in [0.3, 0.4) is 0 Å². The van der Waals surface area contributed by atoms with Gasteiger partial charge in [0.2, 0.25) is 0 Å². The summed E-state index contributed by atoms with van der Waals surface area (Å²) in [6.07, 6.45) is 4.08. The molecule has 1 nitrogen and oxygen atoms in total. The number of aromatic nitrogens is 1. The minimum absolute atomic E-state index is 0.729. The second kappa shape index (κ2) is 4.14. The zero-order chi connectivity index (χ0) is 11.8. The van der Waals surface area contributed by atoms with Crippen LogP contribution in [0, 0.1) is 12.8 Å². The molecular formula is C16H19N. The number of benzene rings is 1. The normalized spacial score (nSPS) is 24.4. The minimum Gasteiger partial charge on any atom is -0.253 e. The predicted molar refractivity (Wildman–Crippen MR) is 72.2 cm³/mol. The molecule has 88 valence electrons. The van der Waals surface area contributed by atoms with Gasteiger partial charge in [0.25, 0.3) is 0 Å². The van der Waals surface area contributed by atoms with E-state index >= 15 is 0 Å². The van der Waals surface area contributed by atoms with Crippen molar-refractivity contribution in [3.05, 3.63) is 41.6 Å². The van der Waals surface area contributed by atoms with Gasteiger partial charge in [-0.1, -0.05) is 38.0 Å². The second-order valence-corrected chi connectivity index (χ2v) is 5.37. The molecule has 1 saturated carbocycles. The highest BCUT2D eigenvalue weighted by atomic mass is 14.7. The lowest BCUT2D eigenvalue weighted by Gasteiger charge is -2.18. The van der Waals surface area contributed by atoms with Crippen molar-refractivity contribution in [2.45, 2.75) is 39.0 Å². The fourth-order valence-corrected chi connectivity index (χ4v) is 3.21. The summed E-state index contributed by atoms with van der Waals surface area (Å²) < 4.78 is 0. The van der Waals surface area contributed by atoms with Gasteiger partial charge in [0.15, 0.2) is 0 Å². The van der Waals surface area contributed by atoms with Crippen LogP contribution in [-0.2, 0) is 0 Å². The molecule has 1 heteroatoms. The standard InChI is InChI=1S/C16H19N/c1-11-6-5-8-14(11)15-10-13-7-3-4-9-16(13)17-12(15)2/h3-4,7,9-11,14H,5-6,8H2,1-2H3. The van der Waals surface area contributed by atoms with E-state index in [1.54, 1.807) is 0 Å². The Morgan fingerprint density at radius 1 is 1.18 bits per heavy atom. The van der Waals surface area contributed by atoms with E-state index in [0.717, 1.165) is 17.4 Å². The molecule has 2 unspecified atom stereocenters. The molecule has 1 aliphatic carbocycles. The van der Waals surface area contributed by atoms with Crippen molar-refractivity contribution in [1.82, 2.24) is 4.98 Å². The molecule has 17 heavy (non-hydrogen) atoms. The maximum Gasteiger partial charge on any atom is 0.0705 e. The minimum atomic E-state index is 0.729. The van der Waals surface area contributed by atoms with Crippen LogP contribution in [0.25, 0.3) is 10.9 Å². The number of aryl methyl sites for hydroxylation is 1. The number of nitrogens with zero attached hydrogens (tertiary/aromatic N) is 1. The molecule has 3 rings (SSSR count). The summed E-state index contributed by atoms with van der Waals surface area (Å²) in [5, 5.41) is 1.28. The van der Waals surface area contributed by atoms with Crippen molar-refractivity contribution in [1.29, 1.82) is 0 Å². The summed E-state index contributed by atoms with van der Waals surface area (Å²) in [6.45, 7) is 4.54. The number of para-hydroxylation sites is 1. The Morgan fingerprint density at radius 3 is 2.76 bits per heavy atom. The summed E-state index contributed by atoms with van der Waals surface area (Å²) in [7, 11) is 0. The van der Waals surface area contributed by atoms with Crippen LogP contribution >= 0.6 is 0 Å². The highest BCUT2D eigenvalue weighted by molar-refractivity contribution is 5.79. The number of pyridine rings is 1. The molecule has 0 radical (unpaired) electrons. The van der Waals surface area contributed by atoms with Gasteiger partial charge in [-0.05, 0) is 42.9 Å². The lowest BCUT2D eigenvalue weighted by molar-refractivity contribution is 0.530. The van der Waals surface area contributed by atoms with Gasteiger partial charge < -0.3 is 0 Å². The molecule has 0 saturated heterocycles. The number of hydrogen-bond acceptors (Lipinski definition) is 1. The molecule has 1 aromatic carbocycles. The van der Waals surface area contributed by atoms with Gasteiger partial charge in [0.05, 0.1) is 5.52 Å². The molecule has 0 aliphatic heterocycles. The van der Waals surface area contributed by atoms with Gasteiger partial charge in [-0.2, -0.15) is 0 Å². The summed E-state index contributed by atoms with van der Waals surface area (Å²) in [5.74, 6) is 1.55. The topological polar surface area (TPSA) is 12.9 Å². The Labute approximate surface area is 103 Å². The van der Waals surface area contributed by atoms with Gasteiger partial charge in [-0.25, -0.2) is 0 Å². The summed E-state index contributed by atoms with van der Waals surface area (Å²) in [4.78, 5) is 4.75.